The summed E-state index contributed by atoms with van der Waals surface area (Å²) in [4.78, 5) is 8.66. The number of hydrogen-bond donors (Lipinski definition) is 3. The van der Waals surface area contributed by atoms with Gasteiger partial charge in [0.05, 0.1) is 28.0 Å². The van der Waals surface area contributed by atoms with E-state index in [0.717, 1.165) is 21.8 Å². The first-order valence-corrected chi connectivity index (χ1v) is 13.2. The van der Waals surface area contributed by atoms with Crippen molar-refractivity contribution in [2.45, 2.75) is 44.3 Å². The SMILES string of the molecule is Cc1nc([C@@H]2OC(CO)[C@H](O)C(n3cc(-c4cc(F)c(F)c(F)c4)cn3)[C@@H]2O)n(-c2cc3sc(C)nc3cc2F)n1. The Balaban J connectivity index is 1.41. The lowest BCUT2D eigenvalue weighted by atomic mass is 9.92. The van der Waals surface area contributed by atoms with E-state index in [1.165, 1.54) is 34.5 Å². The van der Waals surface area contributed by atoms with Crippen molar-refractivity contribution in [3.05, 3.63) is 76.6 Å². The molecule has 5 atom stereocenters. The van der Waals surface area contributed by atoms with Gasteiger partial charge in [0, 0.05) is 17.8 Å². The van der Waals surface area contributed by atoms with Gasteiger partial charge in [0.15, 0.2) is 29.1 Å². The zero-order chi connectivity index (χ0) is 29.2. The number of aliphatic hydroxyl groups excluding tert-OH is 3. The van der Waals surface area contributed by atoms with Gasteiger partial charge in [-0.2, -0.15) is 10.2 Å². The maximum Gasteiger partial charge on any atom is 0.194 e. The Bertz CT molecular complexity index is 1750. The minimum absolute atomic E-state index is 0.0000986. The average molecular weight is 591 g/mol. The van der Waals surface area contributed by atoms with E-state index in [0.29, 0.717) is 10.2 Å². The van der Waals surface area contributed by atoms with Crippen LogP contribution in [0, 0.1) is 37.1 Å². The second-order valence-electron chi connectivity index (χ2n) is 9.65. The molecule has 1 saturated heterocycles. The van der Waals surface area contributed by atoms with Gasteiger partial charge >= 0.3 is 0 Å². The number of aryl methyl sites for hydroxylation is 2. The third-order valence-corrected chi connectivity index (χ3v) is 7.83. The second-order valence-corrected chi connectivity index (χ2v) is 10.9. The maximum absolute atomic E-state index is 15.3. The third-order valence-electron chi connectivity index (χ3n) is 6.90. The molecule has 3 aromatic heterocycles. The number of aliphatic hydroxyl groups is 3. The predicted molar refractivity (Wildman–Crippen MR) is 137 cm³/mol. The molecule has 4 heterocycles. The van der Waals surface area contributed by atoms with Crippen LogP contribution in [-0.4, -0.2) is 69.8 Å². The molecule has 1 aliphatic rings. The fraction of sp³-hybridized carbons (Fsp3) is 0.308. The van der Waals surface area contributed by atoms with Gasteiger partial charge in [-0.25, -0.2) is 32.2 Å². The molecule has 0 radical (unpaired) electrons. The maximum atomic E-state index is 15.3. The van der Waals surface area contributed by atoms with Gasteiger partial charge in [-0.15, -0.1) is 11.3 Å². The highest BCUT2D eigenvalue weighted by molar-refractivity contribution is 7.18. The molecule has 6 rings (SSSR count). The summed E-state index contributed by atoms with van der Waals surface area (Å²) < 4.78 is 65.3. The number of halogens is 4. The number of thiazole rings is 1. The van der Waals surface area contributed by atoms with Crippen LogP contribution in [-0.2, 0) is 4.74 Å². The van der Waals surface area contributed by atoms with Crippen LogP contribution in [0.15, 0.2) is 36.7 Å². The summed E-state index contributed by atoms with van der Waals surface area (Å²) in [7, 11) is 0. The molecule has 5 aromatic rings. The number of benzene rings is 2. The molecule has 2 aromatic carbocycles. The van der Waals surface area contributed by atoms with Crippen molar-refractivity contribution in [2.24, 2.45) is 0 Å². The summed E-state index contributed by atoms with van der Waals surface area (Å²) in [5.41, 5.74) is 0.635. The van der Waals surface area contributed by atoms with Crippen LogP contribution >= 0.6 is 11.3 Å². The molecule has 214 valence electrons. The molecule has 1 aliphatic heterocycles. The Morgan fingerprint density at radius 1 is 0.951 bits per heavy atom. The molecule has 41 heavy (non-hydrogen) atoms. The van der Waals surface area contributed by atoms with Gasteiger partial charge in [-0.05, 0) is 37.6 Å². The van der Waals surface area contributed by atoms with Crippen molar-refractivity contribution in [3.63, 3.8) is 0 Å². The lowest BCUT2D eigenvalue weighted by molar-refractivity contribution is -0.210. The zero-order valence-corrected chi connectivity index (χ0v) is 22.2. The average Bonchev–Trinajstić information content (AvgIpc) is 3.64. The topological polar surface area (TPSA) is 131 Å². The largest absolute Gasteiger partial charge is 0.394 e. The fourth-order valence-electron chi connectivity index (χ4n) is 5.01. The minimum atomic E-state index is -1.62. The van der Waals surface area contributed by atoms with Gasteiger partial charge in [-0.3, -0.25) is 4.68 Å². The Morgan fingerprint density at radius 3 is 2.39 bits per heavy atom. The predicted octanol–water partition coefficient (Wildman–Crippen LogP) is 3.31. The second kappa shape index (κ2) is 10.3. The molecule has 3 N–H and O–H groups in total. The molecule has 2 unspecified atom stereocenters. The van der Waals surface area contributed by atoms with E-state index < -0.39 is 60.3 Å². The molecule has 15 heteroatoms. The minimum Gasteiger partial charge on any atom is -0.394 e. The summed E-state index contributed by atoms with van der Waals surface area (Å²) in [6, 6.07) is 3.15. The van der Waals surface area contributed by atoms with Gasteiger partial charge in [0.2, 0.25) is 0 Å². The highest BCUT2D eigenvalue weighted by Crippen LogP contribution is 2.39. The van der Waals surface area contributed by atoms with Crippen LogP contribution < -0.4 is 0 Å². The molecular formula is C26H22F4N6O4S. The van der Waals surface area contributed by atoms with Crippen molar-refractivity contribution >= 4 is 21.6 Å². The summed E-state index contributed by atoms with van der Waals surface area (Å²) in [6.07, 6.45) is -3.10. The quantitative estimate of drug-likeness (QED) is 0.210. The van der Waals surface area contributed by atoms with E-state index in [1.54, 1.807) is 19.9 Å². The smallest absolute Gasteiger partial charge is 0.194 e. The van der Waals surface area contributed by atoms with E-state index in [1.807, 2.05) is 0 Å². The first kappa shape index (κ1) is 27.4. The van der Waals surface area contributed by atoms with Crippen molar-refractivity contribution in [2.75, 3.05) is 6.61 Å². The third kappa shape index (κ3) is 4.68. The van der Waals surface area contributed by atoms with E-state index in [-0.39, 0.29) is 28.5 Å². The molecule has 1 fully saturated rings. The number of nitrogens with zero attached hydrogens (tertiary/aromatic N) is 6. The summed E-state index contributed by atoms with van der Waals surface area (Å²) >= 11 is 1.36. The zero-order valence-electron chi connectivity index (χ0n) is 21.4. The number of fused-ring (bicyclic) bond motifs is 1. The molecule has 0 amide bonds. The van der Waals surface area contributed by atoms with Gasteiger partial charge in [-0.1, -0.05) is 0 Å². The summed E-state index contributed by atoms with van der Waals surface area (Å²) in [5, 5.41) is 41.6. The van der Waals surface area contributed by atoms with Crippen molar-refractivity contribution in [3.8, 4) is 16.8 Å². The van der Waals surface area contributed by atoms with E-state index in [9.17, 15) is 28.5 Å². The van der Waals surface area contributed by atoms with Crippen LogP contribution in [0.1, 0.15) is 28.8 Å². The molecule has 0 saturated carbocycles. The van der Waals surface area contributed by atoms with Crippen molar-refractivity contribution in [1.82, 2.24) is 29.5 Å². The lowest BCUT2D eigenvalue weighted by Crippen LogP contribution is -2.53. The number of ether oxygens (including phenoxy) is 1. The van der Waals surface area contributed by atoms with Crippen LogP contribution in [0.25, 0.3) is 27.0 Å². The normalized spacial score (nSPS) is 23.0. The monoisotopic (exact) mass is 590 g/mol. The van der Waals surface area contributed by atoms with Gasteiger partial charge in [0.1, 0.15) is 42.0 Å². The molecule has 10 nitrogen and oxygen atoms in total. The Hall–Kier alpha value is -3.76. The van der Waals surface area contributed by atoms with E-state index >= 15 is 4.39 Å². The number of aromatic nitrogens is 6. The summed E-state index contributed by atoms with van der Waals surface area (Å²) in [5.74, 6) is -4.82. The molecule has 0 aliphatic carbocycles. The van der Waals surface area contributed by atoms with Crippen molar-refractivity contribution < 1.29 is 37.6 Å². The fourth-order valence-corrected chi connectivity index (χ4v) is 5.85. The van der Waals surface area contributed by atoms with Crippen LogP contribution in [0.5, 0.6) is 0 Å². The Kier molecular flexibility index (Phi) is 6.86. The Morgan fingerprint density at radius 2 is 1.68 bits per heavy atom. The summed E-state index contributed by atoms with van der Waals surface area (Å²) in [6.45, 7) is 2.71. The van der Waals surface area contributed by atoms with Crippen LogP contribution in [0.4, 0.5) is 17.6 Å². The highest BCUT2D eigenvalue weighted by Gasteiger charge is 2.48. The van der Waals surface area contributed by atoms with Gasteiger partial charge in [0.25, 0.3) is 0 Å². The highest BCUT2D eigenvalue weighted by atomic mass is 32.1. The standard InChI is InChI=1S/C26H22F4N6O4S/c1-10-32-26(36(34-10)18-6-20-17(5-14(18)27)33-11(2)41-20)25-24(39)22(23(38)19(9-37)40-25)35-8-13(7-31-35)12-3-15(28)21(30)16(29)4-12/h3-8,19,22-25,37-39H,9H2,1-2H3/t19?,22?,23-,24-,25+/m0/s1. The first-order chi connectivity index (χ1) is 19.5. The molecule has 0 spiro atoms. The lowest BCUT2D eigenvalue weighted by Gasteiger charge is -2.41. The van der Waals surface area contributed by atoms with Crippen molar-refractivity contribution in [1.29, 1.82) is 0 Å². The first-order valence-electron chi connectivity index (χ1n) is 12.4. The van der Waals surface area contributed by atoms with Crippen LogP contribution in [0.2, 0.25) is 0 Å². The Labute approximate surface area is 233 Å². The number of hydrogen-bond acceptors (Lipinski definition) is 9. The molecule has 0 bridgehead atoms. The van der Waals surface area contributed by atoms with E-state index in [4.69, 9.17) is 4.74 Å². The molecular weight excluding hydrogens is 568 g/mol. The van der Waals surface area contributed by atoms with Gasteiger partial charge < -0.3 is 20.1 Å². The van der Waals surface area contributed by atoms with E-state index in [2.05, 4.69) is 20.2 Å². The van der Waals surface area contributed by atoms with Crippen LogP contribution in [0.3, 0.4) is 0 Å². The number of rotatable bonds is 5.